The standard InChI is InChI=1S/C24H21N5O2S/c1-14-12-15(2)25-22-20(14)26-23(30-3)29(22)13-16-8-10-17(11-9-16)18-6-4-5-7-19(18)21-27-24(32)31-28-21/h4-12H,13H2,1-3H3,(H,27,28,32). The first-order chi connectivity index (χ1) is 15.5. The molecule has 5 rings (SSSR count). The van der Waals surface area contributed by atoms with E-state index in [1.807, 2.05) is 42.7 Å². The fourth-order valence-electron chi connectivity index (χ4n) is 3.94. The van der Waals surface area contributed by atoms with E-state index in [2.05, 4.69) is 45.5 Å². The number of hydrogen-bond acceptors (Lipinski definition) is 6. The summed E-state index contributed by atoms with van der Waals surface area (Å²) in [5.74, 6) is 0.612. The monoisotopic (exact) mass is 443 g/mol. The Bertz CT molecular complexity index is 1480. The van der Waals surface area contributed by atoms with Crippen LogP contribution in [0.1, 0.15) is 16.8 Å². The molecule has 0 aliphatic carbocycles. The first-order valence-corrected chi connectivity index (χ1v) is 10.6. The quantitative estimate of drug-likeness (QED) is 0.362. The minimum Gasteiger partial charge on any atom is -0.468 e. The molecule has 7 nitrogen and oxygen atoms in total. The van der Waals surface area contributed by atoms with Gasteiger partial charge in [0, 0.05) is 11.3 Å². The summed E-state index contributed by atoms with van der Waals surface area (Å²) in [4.78, 5) is 13.8. The van der Waals surface area contributed by atoms with Crippen molar-refractivity contribution >= 4 is 23.4 Å². The van der Waals surface area contributed by atoms with Gasteiger partial charge in [-0.1, -0.05) is 48.5 Å². The molecule has 32 heavy (non-hydrogen) atoms. The molecule has 0 spiro atoms. The average Bonchev–Trinajstić information content (AvgIpc) is 3.38. The van der Waals surface area contributed by atoms with E-state index in [1.165, 1.54) is 0 Å². The van der Waals surface area contributed by atoms with E-state index in [-0.39, 0.29) is 4.84 Å². The number of methoxy groups -OCH3 is 1. The molecule has 5 aromatic rings. The average molecular weight is 444 g/mol. The van der Waals surface area contributed by atoms with Gasteiger partial charge in [-0.2, -0.15) is 9.97 Å². The van der Waals surface area contributed by atoms with Crippen molar-refractivity contribution in [1.82, 2.24) is 24.7 Å². The molecule has 160 valence electrons. The van der Waals surface area contributed by atoms with Crippen molar-refractivity contribution in [3.05, 3.63) is 76.3 Å². The Labute approximate surface area is 189 Å². The lowest BCUT2D eigenvalue weighted by Gasteiger charge is -2.10. The maximum absolute atomic E-state index is 5.54. The third-order valence-electron chi connectivity index (χ3n) is 5.40. The van der Waals surface area contributed by atoms with Crippen molar-refractivity contribution in [2.24, 2.45) is 0 Å². The van der Waals surface area contributed by atoms with Crippen LogP contribution in [-0.4, -0.2) is 31.8 Å². The van der Waals surface area contributed by atoms with Crippen molar-refractivity contribution in [3.8, 4) is 28.5 Å². The lowest BCUT2D eigenvalue weighted by molar-refractivity contribution is 0.363. The predicted octanol–water partition coefficient (Wildman–Crippen LogP) is 5.48. The molecule has 0 atom stereocenters. The van der Waals surface area contributed by atoms with Crippen molar-refractivity contribution < 1.29 is 9.26 Å². The normalized spacial score (nSPS) is 11.2. The summed E-state index contributed by atoms with van der Waals surface area (Å²) in [6, 6.07) is 19.0. The number of aryl methyl sites for hydroxylation is 2. The molecule has 0 saturated heterocycles. The zero-order valence-corrected chi connectivity index (χ0v) is 18.7. The number of pyridine rings is 1. The highest BCUT2D eigenvalue weighted by Gasteiger charge is 2.16. The molecule has 3 aromatic heterocycles. The van der Waals surface area contributed by atoms with Crippen LogP contribution >= 0.6 is 12.2 Å². The topological polar surface area (TPSA) is 81.8 Å². The number of rotatable bonds is 5. The van der Waals surface area contributed by atoms with Gasteiger partial charge in [-0.3, -0.25) is 4.57 Å². The molecule has 0 amide bonds. The Balaban J connectivity index is 1.51. The van der Waals surface area contributed by atoms with Crippen molar-refractivity contribution in [3.63, 3.8) is 0 Å². The highest BCUT2D eigenvalue weighted by molar-refractivity contribution is 7.71. The zero-order valence-electron chi connectivity index (χ0n) is 17.9. The van der Waals surface area contributed by atoms with Crippen molar-refractivity contribution in [2.75, 3.05) is 7.11 Å². The highest BCUT2D eigenvalue weighted by Crippen LogP contribution is 2.31. The van der Waals surface area contributed by atoms with Crippen molar-refractivity contribution in [1.29, 1.82) is 0 Å². The lowest BCUT2D eigenvalue weighted by Crippen LogP contribution is -2.04. The third-order valence-corrected chi connectivity index (χ3v) is 5.57. The summed E-state index contributed by atoms with van der Waals surface area (Å²) in [6.07, 6.45) is 0. The summed E-state index contributed by atoms with van der Waals surface area (Å²) in [5, 5.41) is 2.79. The van der Waals surface area contributed by atoms with Gasteiger partial charge >= 0.3 is 4.84 Å². The minimum atomic E-state index is 0.186. The van der Waals surface area contributed by atoms with Crippen LogP contribution in [0.25, 0.3) is 33.7 Å². The second-order valence-corrected chi connectivity index (χ2v) is 7.96. The van der Waals surface area contributed by atoms with Gasteiger partial charge in [0.2, 0.25) is 0 Å². The maximum Gasteiger partial charge on any atom is 0.314 e. The highest BCUT2D eigenvalue weighted by atomic mass is 32.1. The van der Waals surface area contributed by atoms with E-state index in [9.17, 15) is 0 Å². The number of nitrogens with zero attached hydrogens (tertiary/aromatic N) is 4. The molecule has 3 heterocycles. The summed E-state index contributed by atoms with van der Waals surface area (Å²) in [5.41, 5.74) is 7.89. The Kier molecular flexibility index (Phi) is 5.07. The Morgan fingerprint density at radius 3 is 2.44 bits per heavy atom. The number of imidazole rings is 1. The number of aromatic amines is 1. The smallest absolute Gasteiger partial charge is 0.314 e. The van der Waals surface area contributed by atoms with Crippen molar-refractivity contribution in [2.45, 2.75) is 20.4 Å². The van der Waals surface area contributed by atoms with E-state index < -0.39 is 0 Å². The second kappa shape index (κ2) is 8.05. The van der Waals surface area contributed by atoms with Crippen LogP contribution in [0.4, 0.5) is 0 Å². The number of benzene rings is 2. The van der Waals surface area contributed by atoms with Crippen LogP contribution in [0.5, 0.6) is 6.01 Å². The molecule has 0 aliphatic rings. The Morgan fingerprint density at radius 2 is 1.75 bits per heavy atom. The minimum absolute atomic E-state index is 0.186. The van der Waals surface area contributed by atoms with E-state index >= 15 is 0 Å². The fourth-order valence-corrected chi connectivity index (χ4v) is 4.07. The van der Waals surface area contributed by atoms with Gasteiger partial charge in [0.1, 0.15) is 5.52 Å². The van der Waals surface area contributed by atoms with Crippen LogP contribution < -0.4 is 4.74 Å². The Hall–Kier alpha value is -3.78. The van der Waals surface area contributed by atoms with Gasteiger partial charge < -0.3 is 9.26 Å². The van der Waals surface area contributed by atoms with Gasteiger partial charge in [-0.25, -0.2) is 10.1 Å². The van der Waals surface area contributed by atoms with Crippen LogP contribution in [0.2, 0.25) is 0 Å². The fraction of sp³-hybridized carbons (Fsp3) is 0.167. The molecule has 0 unspecified atom stereocenters. The van der Waals surface area contributed by atoms with E-state index in [0.29, 0.717) is 18.4 Å². The molecule has 0 aliphatic heterocycles. The summed E-state index contributed by atoms with van der Waals surface area (Å²) < 4.78 is 12.7. The second-order valence-electron chi connectivity index (χ2n) is 7.61. The number of aromatic nitrogens is 5. The Morgan fingerprint density at radius 1 is 1.00 bits per heavy atom. The summed E-state index contributed by atoms with van der Waals surface area (Å²) in [6.45, 7) is 4.64. The molecule has 8 heteroatoms. The molecule has 0 bridgehead atoms. The molecule has 0 radical (unpaired) electrons. The van der Waals surface area contributed by atoms with Gasteiger partial charge in [0.25, 0.3) is 6.01 Å². The number of nitrogens with one attached hydrogen (secondary N) is 1. The van der Waals surface area contributed by atoms with Gasteiger partial charge in [-0.05, 0) is 54.4 Å². The summed E-state index contributed by atoms with van der Waals surface area (Å²) >= 11 is 5.00. The number of ether oxygens (including phenoxy) is 1. The molecular weight excluding hydrogens is 422 g/mol. The number of hydrogen-bond donors (Lipinski definition) is 1. The molecule has 0 fully saturated rings. The van der Waals surface area contributed by atoms with E-state index in [4.69, 9.17) is 26.5 Å². The molecule has 2 aromatic carbocycles. The number of fused-ring (bicyclic) bond motifs is 1. The number of H-pyrrole nitrogens is 1. The summed E-state index contributed by atoms with van der Waals surface area (Å²) in [7, 11) is 1.63. The van der Waals surface area contributed by atoms with Crippen LogP contribution in [0.3, 0.4) is 0 Å². The van der Waals surface area contributed by atoms with Crippen LogP contribution in [0, 0.1) is 18.7 Å². The van der Waals surface area contributed by atoms with Gasteiger partial charge in [0.15, 0.2) is 11.5 Å². The molecule has 1 N–H and O–H groups in total. The first kappa shape index (κ1) is 20.1. The van der Waals surface area contributed by atoms with Gasteiger partial charge in [0.05, 0.1) is 13.7 Å². The zero-order chi connectivity index (χ0) is 22.2. The largest absolute Gasteiger partial charge is 0.468 e. The molecular formula is C24H21N5O2S. The third kappa shape index (κ3) is 3.58. The van der Waals surface area contributed by atoms with E-state index in [0.717, 1.165) is 44.7 Å². The van der Waals surface area contributed by atoms with Crippen LogP contribution in [-0.2, 0) is 6.54 Å². The maximum atomic E-state index is 5.54. The van der Waals surface area contributed by atoms with Crippen LogP contribution in [0.15, 0.2) is 59.1 Å². The van der Waals surface area contributed by atoms with E-state index in [1.54, 1.807) is 7.11 Å². The molecule has 0 saturated carbocycles. The first-order valence-electron chi connectivity index (χ1n) is 10.2. The predicted molar refractivity (Wildman–Crippen MR) is 125 cm³/mol. The SMILES string of the molecule is COc1nc2c(C)cc(C)nc2n1Cc1ccc(-c2ccccc2-c2nc(=S)o[nH]2)cc1. The lowest BCUT2D eigenvalue weighted by atomic mass is 9.98. The van der Waals surface area contributed by atoms with Gasteiger partial charge in [-0.15, -0.1) is 0 Å².